The maximum Gasteiger partial charge on any atom is 0.242 e. The minimum atomic E-state index is 0. The first kappa shape index (κ1) is 16.0. The van der Waals surface area contributed by atoms with E-state index in [1.165, 1.54) is 12.8 Å². The number of hydrogen-bond acceptors (Lipinski definition) is 3. The molecule has 0 aromatic heterocycles. The number of carbonyl (C=O) groups excluding carboxylic acids is 1. The quantitative estimate of drug-likeness (QED) is 0.912. The van der Waals surface area contributed by atoms with Crippen molar-refractivity contribution in [1.82, 2.24) is 4.90 Å². The van der Waals surface area contributed by atoms with Crippen molar-refractivity contribution in [2.45, 2.75) is 25.7 Å². The van der Waals surface area contributed by atoms with Crippen LogP contribution in [0.25, 0.3) is 0 Å². The van der Waals surface area contributed by atoms with Gasteiger partial charge in [0.25, 0.3) is 0 Å². The lowest BCUT2D eigenvalue weighted by molar-refractivity contribution is -0.129. The monoisotopic (exact) mass is 309 g/mol. The zero-order valence-corrected chi connectivity index (χ0v) is 13.2. The van der Waals surface area contributed by atoms with Crippen LogP contribution in [0.15, 0.2) is 24.3 Å². The van der Waals surface area contributed by atoms with Crippen molar-refractivity contribution in [2.24, 2.45) is 0 Å². The Kier molecular flexibility index (Phi) is 5.74. The van der Waals surface area contributed by atoms with Gasteiger partial charge in [-0.05, 0) is 25.0 Å². The first-order valence-corrected chi connectivity index (χ1v) is 7.70. The molecule has 0 radical (unpaired) electrons. The number of hydrogen-bond donors (Lipinski definition) is 1. The largest absolute Gasteiger partial charge is 0.382 e. The van der Waals surface area contributed by atoms with E-state index in [4.69, 9.17) is 0 Å². The highest BCUT2D eigenvalue weighted by Gasteiger charge is 2.22. The van der Waals surface area contributed by atoms with Gasteiger partial charge in [0.1, 0.15) is 0 Å². The van der Waals surface area contributed by atoms with Crippen LogP contribution in [-0.2, 0) is 4.79 Å². The van der Waals surface area contributed by atoms with E-state index in [9.17, 15) is 4.79 Å². The molecular formula is C16H24ClN3O. The van der Waals surface area contributed by atoms with E-state index in [-0.39, 0.29) is 18.3 Å². The highest BCUT2D eigenvalue weighted by atomic mass is 35.5. The smallest absolute Gasteiger partial charge is 0.242 e. The third kappa shape index (κ3) is 3.82. The number of nitrogens with one attached hydrogen (secondary N) is 1. The number of rotatable bonds is 2. The summed E-state index contributed by atoms with van der Waals surface area (Å²) in [5.74, 6) is 0.281. The van der Waals surface area contributed by atoms with Crippen LogP contribution in [0.5, 0.6) is 0 Å². The molecule has 0 aliphatic carbocycles. The Bertz CT molecular complexity index is 472. The van der Waals surface area contributed by atoms with E-state index in [1.54, 1.807) is 0 Å². The topological polar surface area (TPSA) is 35.6 Å². The third-order valence-electron chi connectivity index (χ3n) is 4.23. The van der Waals surface area contributed by atoms with Crippen LogP contribution in [0, 0.1) is 0 Å². The third-order valence-corrected chi connectivity index (χ3v) is 4.23. The highest BCUT2D eigenvalue weighted by Crippen LogP contribution is 2.28. The number of halogens is 1. The summed E-state index contributed by atoms with van der Waals surface area (Å²) >= 11 is 0. The maximum absolute atomic E-state index is 12.5. The van der Waals surface area contributed by atoms with E-state index < -0.39 is 0 Å². The molecule has 116 valence electrons. The van der Waals surface area contributed by atoms with Gasteiger partial charge < -0.3 is 15.1 Å². The second-order valence-electron chi connectivity index (χ2n) is 5.66. The molecule has 0 bridgehead atoms. The fourth-order valence-electron chi connectivity index (χ4n) is 3.09. The standard InChI is InChI=1S/C16H23N3O.ClH/c20-16(18-10-5-1-2-6-11-18)13-19-12-9-17-14-7-3-4-8-15(14)19;/h3-4,7-8,17H,1-2,5-6,9-13H2;1H. The molecular weight excluding hydrogens is 286 g/mol. The Labute approximate surface area is 132 Å². The van der Waals surface area contributed by atoms with Crippen LogP contribution in [0.2, 0.25) is 0 Å². The molecule has 0 saturated carbocycles. The zero-order chi connectivity index (χ0) is 13.8. The summed E-state index contributed by atoms with van der Waals surface area (Å²) in [6.07, 6.45) is 4.84. The second kappa shape index (κ2) is 7.55. The van der Waals surface area contributed by atoms with Gasteiger partial charge in [0, 0.05) is 26.2 Å². The van der Waals surface area contributed by atoms with Crippen molar-refractivity contribution >= 4 is 29.7 Å². The molecule has 0 unspecified atom stereocenters. The van der Waals surface area contributed by atoms with E-state index in [1.807, 2.05) is 12.1 Å². The van der Waals surface area contributed by atoms with Crippen LogP contribution in [-0.4, -0.2) is 43.5 Å². The number of anilines is 2. The molecule has 1 saturated heterocycles. The second-order valence-corrected chi connectivity index (χ2v) is 5.66. The molecule has 3 rings (SSSR count). The number of amides is 1. The number of para-hydroxylation sites is 2. The van der Waals surface area contributed by atoms with Crippen molar-refractivity contribution < 1.29 is 4.79 Å². The number of benzene rings is 1. The molecule has 0 atom stereocenters. The number of nitrogens with zero attached hydrogens (tertiary/aromatic N) is 2. The highest BCUT2D eigenvalue weighted by molar-refractivity contribution is 5.85. The molecule has 0 spiro atoms. The Hall–Kier alpha value is -1.42. The van der Waals surface area contributed by atoms with Gasteiger partial charge in [-0.15, -0.1) is 12.4 Å². The summed E-state index contributed by atoms with van der Waals surface area (Å²) in [5.41, 5.74) is 2.30. The molecule has 21 heavy (non-hydrogen) atoms. The first-order valence-electron chi connectivity index (χ1n) is 7.70. The normalized spacial score (nSPS) is 18.1. The van der Waals surface area contributed by atoms with Gasteiger partial charge in [0.15, 0.2) is 0 Å². The Morgan fingerprint density at radius 3 is 2.52 bits per heavy atom. The predicted molar refractivity (Wildman–Crippen MR) is 89.4 cm³/mol. The molecule has 2 heterocycles. The van der Waals surface area contributed by atoms with Crippen molar-refractivity contribution in [1.29, 1.82) is 0 Å². The van der Waals surface area contributed by atoms with Crippen LogP contribution in [0.3, 0.4) is 0 Å². The van der Waals surface area contributed by atoms with E-state index in [2.05, 4.69) is 27.2 Å². The molecule has 4 nitrogen and oxygen atoms in total. The summed E-state index contributed by atoms with van der Waals surface area (Å²) in [5, 5.41) is 3.39. The summed E-state index contributed by atoms with van der Waals surface area (Å²) in [6, 6.07) is 8.25. The van der Waals surface area contributed by atoms with Crippen LogP contribution < -0.4 is 10.2 Å². The molecule has 1 fully saturated rings. The van der Waals surface area contributed by atoms with Gasteiger partial charge in [0.2, 0.25) is 5.91 Å². The van der Waals surface area contributed by atoms with E-state index in [0.29, 0.717) is 6.54 Å². The first-order chi connectivity index (χ1) is 9.84. The van der Waals surface area contributed by atoms with Gasteiger partial charge in [-0.3, -0.25) is 4.79 Å². The van der Waals surface area contributed by atoms with E-state index in [0.717, 1.165) is 50.4 Å². The summed E-state index contributed by atoms with van der Waals surface area (Å²) in [7, 11) is 0. The molecule has 5 heteroatoms. The minimum Gasteiger partial charge on any atom is -0.382 e. The molecule has 1 aromatic rings. The molecule has 1 aromatic carbocycles. The van der Waals surface area contributed by atoms with Crippen LogP contribution in [0.1, 0.15) is 25.7 Å². The van der Waals surface area contributed by atoms with Crippen molar-refractivity contribution in [3.8, 4) is 0 Å². The van der Waals surface area contributed by atoms with Crippen molar-refractivity contribution in [3.63, 3.8) is 0 Å². The van der Waals surface area contributed by atoms with Gasteiger partial charge >= 0.3 is 0 Å². The Morgan fingerprint density at radius 1 is 1.05 bits per heavy atom. The lowest BCUT2D eigenvalue weighted by atomic mass is 10.2. The number of fused-ring (bicyclic) bond motifs is 1. The van der Waals surface area contributed by atoms with E-state index >= 15 is 0 Å². The summed E-state index contributed by atoms with van der Waals surface area (Å²) in [4.78, 5) is 16.8. The lowest BCUT2D eigenvalue weighted by Gasteiger charge is -2.33. The molecule has 1 amide bonds. The van der Waals surface area contributed by atoms with Gasteiger partial charge in [-0.1, -0.05) is 25.0 Å². The maximum atomic E-state index is 12.5. The summed E-state index contributed by atoms with van der Waals surface area (Å²) < 4.78 is 0. The van der Waals surface area contributed by atoms with Crippen LogP contribution in [0.4, 0.5) is 11.4 Å². The molecule has 2 aliphatic rings. The Morgan fingerprint density at radius 2 is 1.76 bits per heavy atom. The van der Waals surface area contributed by atoms with Crippen molar-refractivity contribution in [2.75, 3.05) is 42.9 Å². The Balaban J connectivity index is 0.00000161. The lowest BCUT2D eigenvalue weighted by Crippen LogP contribution is -2.44. The molecule has 1 N–H and O–H groups in total. The number of likely N-dealkylation sites (tertiary alicyclic amines) is 1. The number of carbonyl (C=O) groups is 1. The van der Waals surface area contributed by atoms with Crippen LogP contribution >= 0.6 is 12.4 Å². The predicted octanol–water partition coefficient (Wildman–Crippen LogP) is 2.74. The SMILES string of the molecule is Cl.O=C(CN1CCNc2ccccc21)N1CCCCCC1. The molecule has 2 aliphatic heterocycles. The van der Waals surface area contributed by atoms with Gasteiger partial charge in [-0.25, -0.2) is 0 Å². The summed E-state index contributed by atoms with van der Waals surface area (Å²) in [6.45, 7) is 4.19. The fourth-order valence-corrected chi connectivity index (χ4v) is 3.09. The minimum absolute atomic E-state index is 0. The zero-order valence-electron chi connectivity index (χ0n) is 12.4. The average molecular weight is 310 g/mol. The average Bonchev–Trinajstić information content (AvgIpc) is 2.77. The fraction of sp³-hybridized carbons (Fsp3) is 0.562. The van der Waals surface area contributed by atoms with Crippen molar-refractivity contribution in [3.05, 3.63) is 24.3 Å². The van der Waals surface area contributed by atoms with Gasteiger partial charge in [0.05, 0.1) is 17.9 Å². The van der Waals surface area contributed by atoms with Gasteiger partial charge in [-0.2, -0.15) is 0 Å².